The lowest BCUT2D eigenvalue weighted by molar-refractivity contribution is -0.311. The Morgan fingerprint density at radius 2 is 1.53 bits per heavy atom. The largest absolute Gasteiger partial charge is 0.393 e. The number of rotatable bonds is 4. The summed E-state index contributed by atoms with van der Waals surface area (Å²) in [4.78, 5) is 0. The second kappa shape index (κ2) is 9.18. The first-order valence-electron chi connectivity index (χ1n) is 15.8. The van der Waals surface area contributed by atoms with Crippen molar-refractivity contribution in [2.24, 2.45) is 56.7 Å². The van der Waals surface area contributed by atoms with E-state index in [-0.39, 0.29) is 51.1 Å². The first-order chi connectivity index (χ1) is 17.5. The molecule has 5 rings (SSSR count). The molecule has 0 aromatic carbocycles. The Hall–Kier alpha value is -0.640. The van der Waals surface area contributed by atoms with Gasteiger partial charge in [-0.05, 0) is 129 Å². The molecule has 0 heterocycles. The van der Waals surface area contributed by atoms with Crippen LogP contribution in [0.2, 0.25) is 0 Å². The van der Waals surface area contributed by atoms with Crippen LogP contribution in [0.1, 0.15) is 114 Å². The molecule has 0 radical (unpaired) electrons. The van der Waals surface area contributed by atoms with Gasteiger partial charge in [0, 0.05) is 0 Å². The Labute approximate surface area is 233 Å². The molecule has 3 nitrogen and oxygen atoms in total. The van der Waals surface area contributed by atoms with Crippen LogP contribution in [0.25, 0.3) is 0 Å². The van der Waals surface area contributed by atoms with Gasteiger partial charge in [-0.25, -0.2) is 0 Å². The molecule has 0 spiro atoms. The molecule has 0 amide bonds. The van der Waals surface area contributed by atoms with Gasteiger partial charge in [-0.3, -0.25) is 0 Å². The molecule has 5 aliphatic rings. The Morgan fingerprint density at radius 3 is 2.16 bits per heavy atom. The molecule has 5 saturated carbocycles. The lowest BCUT2D eigenvalue weighted by Crippen LogP contribution is -2.74. The fraction of sp³-hybridized carbons (Fsp3) is 0.886. The molecular formula is C35H58O3. The van der Waals surface area contributed by atoms with E-state index in [1.807, 2.05) is 0 Å². The molecule has 0 saturated heterocycles. The van der Waals surface area contributed by atoms with Crippen LogP contribution >= 0.6 is 0 Å². The molecule has 2 N–H and O–H groups in total. The van der Waals surface area contributed by atoms with Gasteiger partial charge in [0.15, 0.2) is 0 Å². The summed E-state index contributed by atoms with van der Waals surface area (Å²) < 4.78 is 6.91. The maximum atomic E-state index is 12.7. The summed E-state index contributed by atoms with van der Waals surface area (Å²) in [6, 6.07) is 0. The monoisotopic (exact) mass is 526 g/mol. The van der Waals surface area contributed by atoms with Gasteiger partial charge in [0.05, 0.1) is 24.9 Å². The van der Waals surface area contributed by atoms with Crippen LogP contribution in [0.15, 0.2) is 23.8 Å². The highest BCUT2D eigenvalue weighted by Gasteiger charge is 2.74. The summed E-state index contributed by atoms with van der Waals surface area (Å²) in [5.74, 6) is 1.90. The van der Waals surface area contributed by atoms with Crippen molar-refractivity contribution in [3.63, 3.8) is 0 Å². The van der Waals surface area contributed by atoms with Gasteiger partial charge >= 0.3 is 0 Å². The summed E-state index contributed by atoms with van der Waals surface area (Å²) in [6.45, 7) is 26.3. The van der Waals surface area contributed by atoms with Crippen LogP contribution in [0.4, 0.5) is 0 Å². The second-order valence-electron chi connectivity index (χ2n) is 16.6. The Bertz CT molecular complexity index is 978. The fourth-order valence-electron chi connectivity index (χ4n) is 12.0. The van der Waals surface area contributed by atoms with Crippen molar-refractivity contribution < 1.29 is 14.9 Å². The van der Waals surface area contributed by atoms with E-state index in [9.17, 15) is 10.2 Å². The summed E-state index contributed by atoms with van der Waals surface area (Å²) in [5.41, 5.74) is 2.90. The minimum Gasteiger partial charge on any atom is -0.393 e. The van der Waals surface area contributed by atoms with Gasteiger partial charge in [-0.2, -0.15) is 0 Å². The highest BCUT2D eigenvalue weighted by molar-refractivity contribution is 5.24. The van der Waals surface area contributed by atoms with Gasteiger partial charge in [0.25, 0.3) is 0 Å². The third-order valence-corrected chi connectivity index (χ3v) is 14.2. The SMILES string of the molecule is C=C(C)[C@@H]1CC[C@]2(C)CC[C@]3(C)[C@H](C(O)C(OCC=C(C)C)[C@@H]4[C@@]5(C)CC[C@H](O)C(C)(C)C5CC[C@]43C)[C@@H]12. The molecule has 5 fully saturated rings. The quantitative estimate of drug-likeness (QED) is 0.365. The minimum absolute atomic E-state index is 0.0323. The van der Waals surface area contributed by atoms with E-state index in [2.05, 4.69) is 75.0 Å². The zero-order chi connectivity index (χ0) is 28.1. The van der Waals surface area contributed by atoms with Crippen LogP contribution in [0, 0.1) is 56.7 Å². The maximum absolute atomic E-state index is 12.7. The Balaban J connectivity index is 1.66. The van der Waals surface area contributed by atoms with Gasteiger partial charge in [-0.1, -0.05) is 65.3 Å². The van der Waals surface area contributed by atoms with E-state index >= 15 is 0 Å². The zero-order valence-electron chi connectivity index (χ0n) is 26.1. The Morgan fingerprint density at radius 1 is 0.842 bits per heavy atom. The van der Waals surface area contributed by atoms with Crippen molar-refractivity contribution in [2.75, 3.05) is 6.61 Å². The number of aliphatic hydroxyl groups is 2. The highest BCUT2D eigenvalue weighted by Crippen LogP contribution is 2.77. The van der Waals surface area contributed by atoms with Crippen molar-refractivity contribution in [1.29, 1.82) is 0 Å². The normalized spacial score (nSPS) is 53.2. The first-order valence-corrected chi connectivity index (χ1v) is 15.8. The summed E-state index contributed by atoms with van der Waals surface area (Å²) in [7, 11) is 0. The third-order valence-electron chi connectivity index (χ3n) is 14.2. The van der Waals surface area contributed by atoms with Crippen molar-refractivity contribution in [3.05, 3.63) is 23.8 Å². The van der Waals surface area contributed by atoms with Crippen LogP contribution in [-0.2, 0) is 4.74 Å². The van der Waals surface area contributed by atoms with Gasteiger partial charge < -0.3 is 14.9 Å². The predicted molar refractivity (Wildman–Crippen MR) is 157 cm³/mol. The molecule has 5 aliphatic carbocycles. The molecule has 12 atom stereocenters. The lowest BCUT2D eigenvalue weighted by atomic mass is 9.31. The van der Waals surface area contributed by atoms with E-state index < -0.39 is 6.10 Å². The van der Waals surface area contributed by atoms with Crippen molar-refractivity contribution >= 4 is 0 Å². The number of ether oxygens (including phenoxy) is 1. The van der Waals surface area contributed by atoms with Crippen molar-refractivity contribution in [2.45, 2.75) is 132 Å². The van der Waals surface area contributed by atoms with Crippen molar-refractivity contribution in [1.82, 2.24) is 0 Å². The zero-order valence-corrected chi connectivity index (χ0v) is 26.1. The molecule has 216 valence electrons. The van der Waals surface area contributed by atoms with E-state index in [4.69, 9.17) is 4.74 Å². The van der Waals surface area contributed by atoms with Gasteiger partial charge in [-0.15, -0.1) is 0 Å². The molecule has 3 heteroatoms. The van der Waals surface area contributed by atoms with Crippen LogP contribution in [0.5, 0.6) is 0 Å². The molecular weight excluding hydrogens is 468 g/mol. The fourth-order valence-corrected chi connectivity index (χ4v) is 12.0. The van der Waals surface area contributed by atoms with Crippen LogP contribution in [-0.4, -0.2) is 35.1 Å². The number of hydrogen-bond acceptors (Lipinski definition) is 3. The van der Waals surface area contributed by atoms with Crippen molar-refractivity contribution in [3.8, 4) is 0 Å². The van der Waals surface area contributed by atoms with Gasteiger partial charge in [0.2, 0.25) is 0 Å². The van der Waals surface area contributed by atoms with E-state index in [1.165, 1.54) is 43.3 Å². The molecule has 0 aromatic heterocycles. The highest BCUT2D eigenvalue weighted by atomic mass is 16.5. The molecule has 0 aliphatic heterocycles. The smallest absolute Gasteiger partial charge is 0.0880 e. The predicted octanol–water partition coefficient (Wildman–Crippen LogP) is 7.96. The van der Waals surface area contributed by atoms with Crippen LogP contribution < -0.4 is 0 Å². The molecule has 0 bridgehead atoms. The standard InChI is InChI=1S/C35H58O3/c1-21(2)14-20-38-29-28(37)27-26-23(22(3)4)11-15-32(26,7)18-19-34(27,9)35(10)17-12-24-31(5,6)25(36)13-16-33(24,8)30(29)35/h14,23-30,36-37H,3,11-13,15-20H2,1-2,4-10H3/t23-,24?,25-,26+,27-,28?,29?,30+,32+,33-,34+,35+/m0/s1. The van der Waals surface area contributed by atoms with E-state index in [1.54, 1.807) is 0 Å². The number of aliphatic hydroxyl groups excluding tert-OH is 2. The summed E-state index contributed by atoms with van der Waals surface area (Å²) in [5, 5.41) is 23.8. The maximum Gasteiger partial charge on any atom is 0.0880 e. The average Bonchev–Trinajstić information content (AvgIpc) is 3.17. The van der Waals surface area contributed by atoms with Crippen LogP contribution in [0.3, 0.4) is 0 Å². The second-order valence-corrected chi connectivity index (χ2v) is 16.6. The number of hydrogen-bond donors (Lipinski definition) is 2. The topological polar surface area (TPSA) is 49.7 Å². The molecule has 3 unspecified atom stereocenters. The Kier molecular flexibility index (Phi) is 6.98. The molecule has 38 heavy (non-hydrogen) atoms. The lowest BCUT2D eigenvalue weighted by Gasteiger charge is -2.74. The van der Waals surface area contributed by atoms with Gasteiger partial charge in [0.1, 0.15) is 0 Å². The minimum atomic E-state index is -0.473. The summed E-state index contributed by atoms with van der Waals surface area (Å²) >= 11 is 0. The number of fused-ring (bicyclic) bond motifs is 7. The summed E-state index contributed by atoms with van der Waals surface area (Å²) in [6.07, 6.45) is 10.4. The average molecular weight is 527 g/mol. The third kappa shape index (κ3) is 3.76. The molecule has 0 aromatic rings. The van der Waals surface area contributed by atoms with E-state index in [0.717, 1.165) is 19.3 Å². The van der Waals surface area contributed by atoms with E-state index in [0.29, 0.717) is 24.4 Å². The number of allylic oxidation sites excluding steroid dienone is 2. The first kappa shape index (κ1) is 28.9.